The molecule has 4 heteroatoms. The minimum absolute atomic E-state index is 0.155. The van der Waals surface area contributed by atoms with Crippen LogP contribution < -0.4 is 5.32 Å². The third-order valence-corrected chi connectivity index (χ3v) is 4.89. The Morgan fingerprint density at radius 1 is 1.30 bits per heavy atom. The summed E-state index contributed by atoms with van der Waals surface area (Å²) in [7, 11) is 0. The lowest BCUT2D eigenvalue weighted by Gasteiger charge is -2.23. The molecule has 0 aromatic heterocycles. The number of amides is 1. The average Bonchev–Trinajstić information content (AvgIpc) is 2.69. The maximum atomic E-state index is 12.5. The lowest BCUT2D eigenvalue weighted by molar-refractivity contribution is -0.123. The van der Waals surface area contributed by atoms with Crippen LogP contribution in [0.25, 0.3) is 0 Å². The molecule has 0 radical (unpaired) electrons. The molecular formula is C16H19BrN2O. The van der Waals surface area contributed by atoms with Gasteiger partial charge in [-0.15, -0.1) is 0 Å². The Morgan fingerprint density at radius 2 is 1.95 bits per heavy atom. The van der Waals surface area contributed by atoms with Crippen molar-refractivity contribution in [2.24, 2.45) is 5.41 Å². The van der Waals surface area contributed by atoms with E-state index in [1.165, 1.54) is 0 Å². The van der Waals surface area contributed by atoms with Crippen molar-refractivity contribution in [1.29, 1.82) is 5.26 Å². The molecule has 0 saturated heterocycles. The van der Waals surface area contributed by atoms with Gasteiger partial charge in [0.05, 0.1) is 6.07 Å². The van der Waals surface area contributed by atoms with E-state index < -0.39 is 5.41 Å². The smallest absolute Gasteiger partial charge is 0.244 e. The van der Waals surface area contributed by atoms with Gasteiger partial charge >= 0.3 is 0 Å². The van der Waals surface area contributed by atoms with Crippen LogP contribution in [0.5, 0.6) is 0 Å². The fraction of sp³-hybridized carbons (Fsp3) is 0.500. The van der Waals surface area contributed by atoms with Gasteiger partial charge in [-0.1, -0.05) is 47.7 Å². The molecule has 0 aliphatic heterocycles. The first-order valence-electron chi connectivity index (χ1n) is 7.06. The number of carbonyl (C=O) groups excluding carboxylic acids is 1. The average molecular weight is 335 g/mol. The Morgan fingerprint density at radius 3 is 2.50 bits per heavy atom. The zero-order valence-electron chi connectivity index (χ0n) is 11.7. The van der Waals surface area contributed by atoms with Crippen molar-refractivity contribution in [2.75, 3.05) is 5.32 Å². The number of halogens is 1. The lowest BCUT2D eigenvalue weighted by atomic mass is 9.81. The van der Waals surface area contributed by atoms with E-state index in [1.54, 1.807) is 0 Å². The molecule has 3 nitrogen and oxygen atoms in total. The lowest BCUT2D eigenvalue weighted by Crippen LogP contribution is -2.34. The van der Waals surface area contributed by atoms with Crippen LogP contribution in [0.4, 0.5) is 5.69 Å². The van der Waals surface area contributed by atoms with E-state index in [2.05, 4.69) is 27.3 Å². The van der Waals surface area contributed by atoms with Gasteiger partial charge in [-0.2, -0.15) is 5.26 Å². The molecule has 0 bridgehead atoms. The van der Waals surface area contributed by atoms with Crippen molar-refractivity contribution in [1.82, 2.24) is 0 Å². The number of benzene rings is 1. The second-order valence-electron chi connectivity index (χ2n) is 5.53. The van der Waals surface area contributed by atoms with Crippen LogP contribution in [-0.4, -0.2) is 5.91 Å². The number of carbonyl (C=O) groups is 1. The van der Waals surface area contributed by atoms with Crippen LogP contribution in [0.3, 0.4) is 0 Å². The summed E-state index contributed by atoms with van der Waals surface area (Å²) in [5.41, 5.74) is 1.01. The largest absolute Gasteiger partial charge is 0.325 e. The fourth-order valence-electron chi connectivity index (χ4n) is 2.64. The molecule has 2 rings (SSSR count). The third-order valence-electron chi connectivity index (χ3n) is 4.04. The zero-order chi connectivity index (χ0) is 14.6. The second kappa shape index (κ2) is 6.41. The van der Waals surface area contributed by atoms with Crippen LogP contribution in [-0.2, 0) is 4.79 Å². The van der Waals surface area contributed by atoms with Gasteiger partial charge in [0.1, 0.15) is 5.41 Å². The highest BCUT2D eigenvalue weighted by molar-refractivity contribution is 9.10. The topological polar surface area (TPSA) is 52.9 Å². The van der Waals surface area contributed by atoms with Crippen LogP contribution in [0.1, 0.15) is 44.1 Å². The van der Waals surface area contributed by atoms with E-state index in [4.69, 9.17) is 0 Å². The molecule has 0 spiro atoms. The number of nitrogens with one attached hydrogen (secondary N) is 1. The number of nitriles is 1. The number of rotatable bonds is 2. The molecular weight excluding hydrogens is 316 g/mol. The van der Waals surface area contributed by atoms with Gasteiger partial charge in [0.25, 0.3) is 0 Å². The maximum Gasteiger partial charge on any atom is 0.244 e. The molecule has 0 atom stereocenters. The van der Waals surface area contributed by atoms with Gasteiger partial charge in [0, 0.05) is 10.2 Å². The molecule has 1 aromatic rings. The Labute approximate surface area is 128 Å². The number of hydrogen-bond acceptors (Lipinski definition) is 2. The van der Waals surface area contributed by atoms with Gasteiger partial charge in [-0.25, -0.2) is 0 Å². The molecule has 106 valence electrons. The Bertz CT molecular complexity index is 540. The van der Waals surface area contributed by atoms with Gasteiger partial charge in [-0.3, -0.25) is 4.79 Å². The normalized spacial score (nSPS) is 17.9. The van der Waals surface area contributed by atoms with Crippen molar-refractivity contribution in [2.45, 2.75) is 45.4 Å². The van der Waals surface area contributed by atoms with Crippen LogP contribution in [0.2, 0.25) is 0 Å². The minimum atomic E-state index is -0.853. The summed E-state index contributed by atoms with van der Waals surface area (Å²) in [6.07, 6.45) is 5.49. The highest BCUT2D eigenvalue weighted by Crippen LogP contribution is 2.36. The number of anilines is 1. The summed E-state index contributed by atoms with van der Waals surface area (Å²) >= 11 is 3.46. The van der Waals surface area contributed by atoms with Gasteiger partial charge < -0.3 is 5.32 Å². The molecule has 0 unspecified atom stereocenters. The predicted molar refractivity (Wildman–Crippen MR) is 83.3 cm³/mol. The second-order valence-corrected chi connectivity index (χ2v) is 6.38. The molecule has 1 aliphatic carbocycles. The maximum absolute atomic E-state index is 12.5. The molecule has 1 fully saturated rings. The van der Waals surface area contributed by atoms with Gasteiger partial charge in [0.15, 0.2) is 0 Å². The third kappa shape index (κ3) is 3.21. The van der Waals surface area contributed by atoms with E-state index in [0.29, 0.717) is 12.8 Å². The van der Waals surface area contributed by atoms with E-state index in [-0.39, 0.29) is 5.91 Å². The van der Waals surface area contributed by atoms with Crippen molar-refractivity contribution >= 4 is 27.5 Å². The molecule has 1 aliphatic rings. The zero-order valence-corrected chi connectivity index (χ0v) is 13.3. The first-order chi connectivity index (χ1) is 9.57. The van der Waals surface area contributed by atoms with E-state index in [1.807, 2.05) is 25.1 Å². The van der Waals surface area contributed by atoms with Crippen molar-refractivity contribution < 1.29 is 4.79 Å². The summed E-state index contributed by atoms with van der Waals surface area (Å²) < 4.78 is 0.960. The summed E-state index contributed by atoms with van der Waals surface area (Å²) in [4.78, 5) is 12.5. The Balaban J connectivity index is 2.16. The van der Waals surface area contributed by atoms with Crippen molar-refractivity contribution in [3.63, 3.8) is 0 Å². The summed E-state index contributed by atoms with van der Waals surface area (Å²) in [6.45, 7) is 2.00. The summed E-state index contributed by atoms with van der Waals surface area (Å²) in [5.74, 6) is -0.155. The number of hydrogen-bond donors (Lipinski definition) is 1. The van der Waals surface area contributed by atoms with E-state index in [0.717, 1.165) is 41.4 Å². The van der Waals surface area contributed by atoms with Crippen LogP contribution in [0, 0.1) is 23.7 Å². The minimum Gasteiger partial charge on any atom is -0.325 e. The first kappa shape index (κ1) is 15.1. The van der Waals surface area contributed by atoms with Gasteiger partial charge in [0.2, 0.25) is 5.91 Å². The SMILES string of the molecule is Cc1ccc(NC(=O)C2(C#N)CCCCCC2)cc1Br. The first-order valence-corrected chi connectivity index (χ1v) is 7.85. The van der Waals surface area contributed by atoms with Gasteiger partial charge in [-0.05, 0) is 37.5 Å². The highest BCUT2D eigenvalue weighted by atomic mass is 79.9. The molecule has 20 heavy (non-hydrogen) atoms. The molecule has 1 amide bonds. The van der Waals surface area contributed by atoms with Crippen molar-refractivity contribution in [3.8, 4) is 6.07 Å². The molecule has 1 saturated carbocycles. The number of nitrogens with zero attached hydrogens (tertiary/aromatic N) is 1. The molecule has 1 N–H and O–H groups in total. The van der Waals surface area contributed by atoms with Crippen LogP contribution >= 0.6 is 15.9 Å². The Kier molecular flexibility index (Phi) is 4.82. The monoisotopic (exact) mass is 334 g/mol. The molecule has 1 aromatic carbocycles. The standard InChI is InChI=1S/C16H19BrN2O/c1-12-6-7-13(10-14(12)17)19-15(20)16(11-18)8-4-2-3-5-9-16/h6-7,10H,2-5,8-9H2,1H3,(H,19,20). The van der Waals surface area contributed by atoms with Crippen molar-refractivity contribution in [3.05, 3.63) is 28.2 Å². The Hall–Kier alpha value is -1.34. The number of aryl methyl sites for hydroxylation is 1. The molecule has 0 heterocycles. The van der Waals surface area contributed by atoms with Crippen LogP contribution in [0.15, 0.2) is 22.7 Å². The highest BCUT2D eigenvalue weighted by Gasteiger charge is 2.38. The van der Waals surface area contributed by atoms with E-state index >= 15 is 0 Å². The fourth-order valence-corrected chi connectivity index (χ4v) is 3.02. The quantitative estimate of drug-likeness (QED) is 0.806. The van der Waals surface area contributed by atoms with E-state index in [9.17, 15) is 10.1 Å². The summed E-state index contributed by atoms with van der Waals surface area (Å²) in [5, 5.41) is 12.4. The summed E-state index contributed by atoms with van der Waals surface area (Å²) in [6, 6.07) is 7.99. The predicted octanol–water partition coefficient (Wildman–Crippen LogP) is 4.56.